The van der Waals surface area contributed by atoms with Gasteiger partial charge in [0.1, 0.15) is 0 Å². The molecule has 0 aliphatic carbocycles. The molecule has 0 fully saturated rings. The Labute approximate surface area is 134 Å². The van der Waals surface area contributed by atoms with E-state index in [4.69, 9.17) is 0 Å². The molecular formula is C15H15NO4S2-2. The molecule has 7 heteroatoms. The number of rotatable bonds is 4. The van der Waals surface area contributed by atoms with E-state index in [-0.39, 0.29) is 15.5 Å². The average Bonchev–Trinajstić information content (AvgIpc) is 2.94. The lowest BCUT2D eigenvalue weighted by molar-refractivity contribution is -0.513. The maximum Gasteiger partial charge on any atom is 0.282 e. The van der Waals surface area contributed by atoms with Gasteiger partial charge in [0.05, 0.1) is 10.6 Å². The number of hydrogen-bond donors (Lipinski definition) is 0. The molecule has 0 spiro atoms. The van der Waals surface area contributed by atoms with Crippen LogP contribution in [0.3, 0.4) is 0 Å². The second-order valence-corrected chi connectivity index (χ2v) is 7.39. The minimum Gasteiger partial charge on any atom is -0.883 e. The maximum absolute atomic E-state index is 12.2. The van der Waals surface area contributed by atoms with E-state index in [0.29, 0.717) is 5.92 Å². The highest BCUT2D eigenvalue weighted by molar-refractivity contribution is 8.07. The molecule has 1 aliphatic rings. The number of nitrogens with zero attached hydrogens (tertiary/aromatic N) is 1. The van der Waals surface area contributed by atoms with Gasteiger partial charge in [0.2, 0.25) is 0 Å². The van der Waals surface area contributed by atoms with E-state index in [2.05, 4.69) is 18.2 Å². The van der Waals surface area contributed by atoms with Crippen LogP contribution < -0.4 is 10.2 Å². The van der Waals surface area contributed by atoms with E-state index in [9.17, 15) is 18.6 Å². The van der Waals surface area contributed by atoms with Crippen LogP contribution in [-0.4, -0.2) is 14.1 Å². The molecule has 22 heavy (non-hydrogen) atoms. The molecule has 0 saturated heterocycles. The Morgan fingerprint density at radius 3 is 2.45 bits per heavy atom. The molecular weight excluding hydrogens is 322 g/mol. The van der Waals surface area contributed by atoms with Crippen LogP contribution in [-0.2, 0) is 10.0 Å². The smallest absolute Gasteiger partial charge is 0.282 e. The van der Waals surface area contributed by atoms with E-state index < -0.39 is 16.0 Å². The zero-order valence-electron chi connectivity index (χ0n) is 12.1. The van der Waals surface area contributed by atoms with Crippen molar-refractivity contribution in [2.45, 2.75) is 31.1 Å². The van der Waals surface area contributed by atoms with Gasteiger partial charge in [-0.1, -0.05) is 37.7 Å². The van der Waals surface area contributed by atoms with E-state index in [1.807, 2.05) is 0 Å². The summed E-state index contributed by atoms with van der Waals surface area (Å²) in [6.45, 7) is 4.12. The quantitative estimate of drug-likeness (QED) is 0.776. The molecule has 1 unspecified atom stereocenters. The largest absolute Gasteiger partial charge is 0.883 e. The third-order valence-electron chi connectivity index (χ3n) is 3.41. The van der Waals surface area contributed by atoms with Gasteiger partial charge >= 0.3 is 0 Å². The molecule has 2 rings (SSSR count). The van der Waals surface area contributed by atoms with Crippen molar-refractivity contribution in [1.29, 1.82) is 0 Å². The van der Waals surface area contributed by atoms with Crippen LogP contribution in [0.15, 0.2) is 55.9 Å². The summed E-state index contributed by atoms with van der Waals surface area (Å²) in [4.78, 5) is -0.158. The third kappa shape index (κ3) is 3.53. The molecule has 1 aliphatic heterocycles. The Bertz CT molecular complexity index is 742. The van der Waals surface area contributed by atoms with E-state index in [1.54, 1.807) is 12.1 Å². The van der Waals surface area contributed by atoms with E-state index >= 15 is 0 Å². The van der Waals surface area contributed by atoms with Gasteiger partial charge in [-0.05, 0) is 41.5 Å². The Hall–Kier alpha value is -1.73. The van der Waals surface area contributed by atoms with Gasteiger partial charge in [-0.3, -0.25) is 0 Å². The topological polar surface area (TPSA) is 92.6 Å². The first-order chi connectivity index (χ1) is 10.3. The Kier molecular flexibility index (Phi) is 4.97. The lowest BCUT2D eigenvalue weighted by atomic mass is 9.99. The first kappa shape index (κ1) is 16.6. The number of benzene rings is 1. The SMILES string of the molecule is CCC(C)c1ccc(S(=O)(=O)N=C2C=CSC2=C([O-])[O-])cc1. The average molecular weight is 337 g/mol. The van der Waals surface area contributed by atoms with Gasteiger partial charge in [-0.25, -0.2) is 0 Å². The van der Waals surface area contributed by atoms with Crippen molar-refractivity contribution >= 4 is 27.5 Å². The second kappa shape index (κ2) is 6.58. The summed E-state index contributed by atoms with van der Waals surface area (Å²) in [6.07, 6.45) is 2.31. The number of hydrogen-bond acceptors (Lipinski definition) is 5. The molecule has 1 atom stereocenters. The highest BCUT2D eigenvalue weighted by Gasteiger charge is 2.17. The van der Waals surface area contributed by atoms with Crippen LogP contribution in [0, 0.1) is 0 Å². The standard InChI is InChI=1S/C15H17NO4S2/c1-3-10(2)11-4-6-12(7-5-11)22(19,20)16-13-8-9-21-14(13)15(17)18/h4-10,17-18H,3H2,1-2H3/p-2. The molecule has 5 nitrogen and oxygen atoms in total. The third-order valence-corrected chi connectivity index (χ3v) is 5.60. The van der Waals surface area contributed by atoms with Crippen LogP contribution in [0.25, 0.3) is 0 Å². The van der Waals surface area contributed by atoms with Gasteiger partial charge in [-0.15, -0.1) is 0 Å². The van der Waals surface area contributed by atoms with Crippen molar-refractivity contribution in [3.8, 4) is 0 Å². The van der Waals surface area contributed by atoms with Crippen LogP contribution >= 0.6 is 11.8 Å². The predicted octanol–water partition coefficient (Wildman–Crippen LogP) is 1.48. The van der Waals surface area contributed by atoms with Gasteiger partial charge in [0, 0.05) is 4.91 Å². The molecule has 0 amide bonds. The van der Waals surface area contributed by atoms with Crippen molar-refractivity contribution in [2.24, 2.45) is 4.40 Å². The number of thioether (sulfide) groups is 1. The zero-order valence-corrected chi connectivity index (χ0v) is 13.8. The molecule has 1 heterocycles. The molecule has 0 aromatic heterocycles. The Morgan fingerprint density at radius 1 is 1.27 bits per heavy atom. The first-order valence-corrected chi connectivity index (χ1v) is 9.04. The molecule has 0 N–H and O–H groups in total. The monoisotopic (exact) mass is 337 g/mol. The zero-order chi connectivity index (χ0) is 16.3. The summed E-state index contributed by atoms with van der Waals surface area (Å²) in [6, 6.07) is 6.49. The normalized spacial score (nSPS) is 17.9. The summed E-state index contributed by atoms with van der Waals surface area (Å²) in [5.74, 6) is -1.09. The van der Waals surface area contributed by atoms with Gasteiger partial charge < -0.3 is 10.2 Å². The highest BCUT2D eigenvalue weighted by Crippen LogP contribution is 2.28. The predicted molar refractivity (Wildman–Crippen MR) is 83.5 cm³/mol. The molecule has 0 saturated carbocycles. The molecule has 118 valence electrons. The van der Waals surface area contributed by atoms with Gasteiger partial charge in [0.15, 0.2) is 0 Å². The Balaban J connectivity index is 2.35. The fraction of sp³-hybridized carbons (Fsp3) is 0.267. The summed E-state index contributed by atoms with van der Waals surface area (Å²) in [5, 5.41) is 23.3. The van der Waals surface area contributed by atoms with Crippen molar-refractivity contribution in [2.75, 3.05) is 0 Å². The highest BCUT2D eigenvalue weighted by atomic mass is 32.2. The number of sulfonamides is 1. The molecule has 1 aromatic carbocycles. The molecule has 1 aromatic rings. The lowest BCUT2D eigenvalue weighted by Gasteiger charge is -2.20. The summed E-state index contributed by atoms with van der Waals surface area (Å²) < 4.78 is 28.1. The maximum atomic E-state index is 12.2. The van der Waals surface area contributed by atoms with Crippen LogP contribution in [0.5, 0.6) is 0 Å². The van der Waals surface area contributed by atoms with Crippen LogP contribution in [0.1, 0.15) is 31.7 Å². The van der Waals surface area contributed by atoms with Crippen molar-refractivity contribution < 1.29 is 18.6 Å². The minimum atomic E-state index is -3.95. The van der Waals surface area contributed by atoms with Crippen molar-refractivity contribution in [1.82, 2.24) is 0 Å². The fourth-order valence-electron chi connectivity index (χ4n) is 1.91. The summed E-state index contributed by atoms with van der Waals surface area (Å²) in [5.41, 5.74) is 0.948. The minimum absolute atomic E-state index is 0.0371. The van der Waals surface area contributed by atoms with E-state index in [1.165, 1.54) is 23.6 Å². The van der Waals surface area contributed by atoms with Gasteiger partial charge in [0.25, 0.3) is 10.0 Å². The fourth-order valence-corrected chi connectivity index (χ4v) is 3.63. The first-order valence-electron chi connectivity index (χ1n) is 6.72. The van der Waals surface area contributed by atoms with Crippen molar-refractivity contribution in [3.05, 3.63) is 52.2 Å². The second-order valence-electron chi connectivity index (χ2n) is 4.87. The summed E-state index contributed by atoms with van der Waals surface area (Å²) >= 11 is 0.883. The number of allylic oxidation sites excluding steroid dienone is 2. The van der Waals surface area contributed by atoms with Crippen molar-refractivity contribution in [3.63, 3.8) is 0 Å². The molecule has 0 bridgehead atoms. The van der Waals surface area contributed by atoms with E-state index in [0.717, 1.165) is 23.7 Å². The molecule has 0 radical (unpaired) electrons. The lowest BCUT2D eigenvalue weighted by Crippen LogP contribution is -2.22. The van der Waals surface area contributed by atoms with Crippen LogP contribution in [0.2, 0.25) is 0 Å². The Morgan fingerprint density at radius 2 is 1.91 bits per heavy atom. The van der Waals surface area contributed by atoms with Crippen LogP contribution in [0.4, 0.5) is 0 Å². The summed E-state index contributed by atoms with van der Waals surface area (Å²) in [7, 11) is -3.95. The van der Waals surface area contributed by atoms with Gasteiger partial charge in [-0.2, -0.15) is 18.8 Å².